The molecule has 3 aromatic rings. The number of para-hydroxylation sites is 1. The molecular weight excluding hydrogens is 415 g/mol. The minimum Gasteiger partial charge on any atom is -0.385 e. The molecular formula is C25H30ClFN2O2. The van der Waals surface area contributed by atoms with Gasteiger partial charge in [-0.05, 0) is 69.1 Å². The molecule has 3 unspecified atom stereocenters. The Morgan fingerprint density at radius 2 is 1.97 bits per heavy atom. The minimum absolute atomic E-state index is 0. The van der Waals surface area contributed by atoms with Gasteiger partial charge < -0.3 is 19.7 Å². The van der Waals surface area contributed by atoms with Gasteiger partial charge in [0.25, 0.3) is 0 Å². The van der Waals surface area contributed by atoms with Gasteiger partial charge in [0, 0.05) is 23.4 Å². The molecule has 1 aromatic heterocycles. The van der Waals surface area contributed by atoms with Crippen LogP contribution in [0.5, 0.6) is 0 Å². The molecule has 2 heterocycles. The van der Waals surface area contributed by atoms with Crippen molar-refractivity contribution in [3.63, 3.8) is 0 Å². The molecule has 1 fully saturated rings. The van der Waals surface area contributed by atoms with Crippen LogP contribution >= 0.6 is 12.4 Å². The topological polar surface area (TPSA) is 48.5 Å². The molecule has 1 saturated carbocycles. The zero-order valence-electron chi connectivity index (χ0n) is 18.0. The molecule has 4 nitrogen and oxygen atoms in total. The highest BCUT2D eigenvalue weighted by atomic mass is 35.5. The monoisotopic (exact) mass is 444 g/mol. The number of nitrogens with one attached hydrogen (secondary N) is 1. The van der Waals surface area contributed by atoms with Crippen LogP contribution in [0.15, 0.2) is 48.5 Å². The minimum atomic E-state index is -1.08. The van der Waals surface area contributed by atoms with Gasteiger partial charge in [-0.25, -0.2) is 4.39 Å². The van der Waals surface area contributed by atoms with Crippen LogP contribution in [0.3, 0.4) is 0 Å². The first-order chi connectivity index (χ1) is 14.4. The first kappa shape index (κ1) is 22.3. The van der Waals surface area contributed by atoms with E-state index in [4.69, 9.17) is 4.74 Å². The molecule has 1 aliphatic carbocycles. The summed E-state index contributed by atoms with van der Waals surface area (Å²) >= 11 is 0. The van der Waals surface area contributed by atoms with Gasteiger partial charge in [0.1, 0.15) is 11.4 Å². The molecule has 0 amide bonds. The molecule has 166 valence electrons. The summed E-state index contributed by atoms with van der Waals surface area (Å²) < 4.78 is 20.5. The van der Waals surface area contributed by atoms with Gasteiger partial charge >= 0.3 is 0 Å². The average molecular weight is 445 g/mol. The van der Waals surface area contributed by atoms with Crippen LogP contribution in [0.2, 0.25) is 0 Å². The lowest BCUT2D eigenvalue weighted by atomic mass is 9.64. The van der Waals surface area contributed by atoms with Gasteiger partial charge in [-0.2, -0.15) is 0 Å². The molecule has 3 atom stereocenters. The number of aliphatic hydroxyl groups is 1. The summed E-state index contributed by atoms with van der Waals surface area (Å²) in [5, 5.41) is 13.1. The fraction of sp³-hybridized carbons (Fsp3) is 0.440. The summed E-state index contributed by atoms with van der Waals surface area (Å²) in [7, 11) is 4.03. The lowest BCUT2D eigenvalue weighted by molar-refractivity contribution is -0.166. The predicted molar refractivity (Wildman–Crippen MR) is 123 cm³/mol. The van der Waals surface area contributed by atoms with Gasteiger partial charge in [-0.1, -0.05) is 30.3 Å². The summed E-state index contributed by atoms with van der Waals surface area (Å²) in [5.74, 6) is -0.392. The third-order valence-electron chi connectivity index (χ3n) is 7.07. The maximum absolute atomic E-state index is 14.0. The van der Waals surface area contributed by atoms with Crippen molar-refractivity contribution >= 4 is 23.3 Å². The van der Waals surface area contributed by atoms with Crippen LogP contribution in [0, 0.1) is 11.7 Å². The maximum Gasteiger partial charge on any atom is 0.123 e. The zero-order chi connectivity index (χ0) is 20.9. The standard InChI is InChI=1S/C25H29FN2O2.ClH/c1-28(2)16-18-15-24(11-12-25(18,29)17-6-5-7-19(26)14-17)23-21(10-13-30-24)20-8-3-4-9-22(20)27-23;/h3-9,14,18,27,29H,10-13,15-16H2,1-2H3;1H. The molecule has 0 saturated heterocycles. The number of aromatic nitrogens is 1. The number of benzene rings is 2. The van der Waals surface area contributed by atoms with Crippen molar-refractivity contribution in [1.29, 1.82) is 0 Å². The van der Waals surface area contributed by atoms with Crippen LogP contribution in [-0.2, 0) is 22.4 Å². The van der Waals surface area contributed by atoms with E-state index in [2.05, 4.69) is 34.1 Å². The second-order valence-corrected chi connectivity index (χ2v) is 9.21. The Hall–Kier alpha value is -1.92. The number of rotatable bonds is 3. The van der Waals surface area contributed by atoms with E-state index in [0.29, 0.717) is 38.0 Å². The largest absolute Gasteiger partial charge is 0.385 e. The highest BCUT2D eigenvalue weighted by Crippen LogP contribution is 2.53. The lowest BCUT2D eigenvalue weighted by Crippen LogP contribution is -2.52. The first-order valence-corrected chi connectivity index (χ1v) is 10.8. The molecule has 2 aromatic carbocycles. The summed E-state index contributed by atoms with van der Waals surface area (Å²) in [6.07, 6.45) is 2.82. The van der Waals surface area contributed by atoms with Crippen molar-refractivity contribution in [2.24, 2.45) is 5.92 Å². The van der Waals surface area contributed by atoms with Crippen LogP contribution in [0.4, 0.5) is 4.39 Å². The lowest BCUT2D eigenvalue weighted by Gasteiger charge is -2.51. The molecule has 6 heteroatoms. The Labute approximate surface area is 188 Å². The molecule has 2 N–H and O–H groups in total. The Morgan fingerprint density at radius 3 is 2.74 bits per heavy atom. The second kappa shape index (κ2) is 8.21. The van der Waals surface area contributed by atoms with Crippen molar-refractivity contribution in [2.75, 3.05) is 27.2 Å². The van der Waals surface area contributed by atoms with Gasteiger partial charge in [-0.15, -0.1) is 12.4 Å². The number of hydrogen-bond acceptors (Lipinski definition) is 3. The predicted octanol–water partition coefficient (Wildman–Crippen LogP) is 4.75. The Bertz CT molecular complexity index is 1080. The third kappa shape index (κ3) is 3.68. The van der Waals surface area contributed by atoms with Crippen molar-refractivity contribution in [3.8, 4) is 0 Å². The maximum atomic E-state index is 14.0. The number of nitrogens with zero attached hydrogens (tertiary/aromatic N) is 1. The SMILES string of the molecule is CN(C)CC1CC2(CCC1(O)c1cccc(F)c1)OCCc1c2[nH]c2ccccc12.Cl. The summed E-state index contributed by atoms with van der Waals surface area (Å²) in [6.45, 7) is 1.38. The summed E-state index contributed by atoms with van der Waals surface area (Å²) in [4.78, 5) is 5.75. The van der Waals surface area contributed by atoms with Crippen molar-refractivity contribution in [1.82, 2.24) is 9.88 Å². The van der Waals surface area contributed by atoms with E-state index in [0.717, 1.165) is 11.9 Å². The number of halogens is 2. The third-order valence-corrected chi connectivity index (χ3v) is 7.07. The highest BCUT2D eigenvalue weighted by molar-refractivity contribution is 5.85. The van der Waals surface area contributed by atoms with E-state index >= 15 is 0 Å². The molecule has 31 heavy (non-hydrogen) atoms. The number of ether oxygens (including phenoxy) is 1. The fourth-order valence-electron chi connectivity index (χ4n) is 5.69. The van der Waals surface area contributed by atoms with Gasteiger partial charge in [0.15, 0.2) is 0 Å². The Morgan fingerprint density at radius 1 is 1.16 bits per heavy atom. The molecule has 1 aliphatic heterocycles. The molecule has 0 bridgehead atoms. The van der Waals surface area contributed by atoms with Crippen molar-refractivity contribution in [2.45, 2.75) is 36.9 Å². The smallest absolute Gasteiger partial charge is 0.123 e. The average Bonchev–Trinajstić information content (AvgIpc) is 3.11. The molecule has 1 spiro atoms. The molecule has 2 aliphatic rings. The zero-order valence-corrected chi connectivity index (χ0v) is 18.8. The quantitative estimate of drug-likeness (QED) is 0.613. The van der Waals surface area contributed by atoms with Crippen LogP contribution in [0.1, 0.15) is 36.1 Å². The van der Waals surface area contributed by atoms with Crippen LogP contribution in [0.25, 0.3) is 10.9 Å². The number of fused-ring (bicyclic) bond motifs is 4. The van der Waals surface area contributed by atoms with Crippen molar-refractivity contribution < 1.29 is 14.2 Å². The van der Waals surface area contributed by atoms with E-state index < -0.39 is 11.2 Å². The van der Waals surface area contributed by atoms with E-state index in [9.17, 15) is 9.50 Å². The van der Waals surface area contributed by atoms with Crippen molar-refractivity contribution in [3.05, 3.63) is 71.2 Å². The second-order valence-electron chi connectivity index (χ2n) is 9.21. The van der Waals surface area contributed by atoms with Gasteiger partial charge in [-0.3, -0.25) is 0 Å². The van der Waals surface area contributed by atoms with Gasteiger partial charge in [0.2, 0.25) is 0 Å². The van der Waals surface area contributed by atoms with E-state index in [1.807, 2.05) is 20.2 Å². The van der Waals surface area contributed by atoms with Gasteiger partial charge in [0.05, 0.1) is 17.9 Å². The van der Waals surface area contributed by atoms with E-state index in [1.165, 1.54) is 28.8 Å². The van der Waals surface area contributed by atoms with E-state index in [1.54, 1.807) is 6.07 Å². The molecule has 5 rings (SSSR count). The van der Waals surface area contributed by atoms with Crippen LogP contribution in [-0.4, -0.2) is 42.2 Å². The number of hydrogen-bond donors (Lipinski definition) is 2. The van der Waals surface area contributed by atoms with Crippen LogP contribution < -0.4 is 0 Å². The fourth-order valence-corrected chi connectivity index (χ4v) is 5.69. The summed E-state index contributed by atoms with van der Waals surface area (Å²) in [5.41, 5.74) is 2.80. The summed E-state index contributed by atoms with van der Waals surface area (Å²) in [6, 6.07) is 14.9. The first-order valence-electron chi connectivity index (χ1n) is 10.8. The normalized spacial score (nSPS) is 28.0. The Balaban J connectivity index is 0.00000231. The Kier molecular flexibility index (Phi) is 5.90. The highest BCUT2D eigenvalue weighted by Gasteiger charge is 2.53. The number of aromatic amines is 1. The van der Waals surface area contributed by atoms with E-state index in [-0.39, 0.29) is 24.1 Å². The number of H-pyrrole nitrogens is 1. The molecule has 0 radical (unpaired) electrons.